The number of aliphatic hydroxyl groups excluding tert-OH is 1. The van der Waals surface area contributed by atoms with Gasteiger partial charge in [0.15, 0.2) is 0 Å². The van der Waals surface area contributed by atoms with E-state index in [0.29, 0.717) is 6.54 Å². The summed E-state index contributed by atoms with van der Waals surface area (Å²) in [6, 6.07) is 17.5. The summed E-state index contributed by atoms with van der Waals surface area (Å²) in [5.41, 5.74) is 1.96. The van der Waals surface area contributed by atoms with E-state index in [9.17, 15) is 5.11 Å². The van der Waals surface area contributed by atoms with Crippen LogP contribution in [0.2, 0.25) is 5.02 Å². The molecular weight excluding hydrogens is 258 g/mol. The molecule has 0 radical (unpaired) electrons. The second-order valence-electron chi connectivity index (χ2n) is 4.58. The van der Waals surface area contributed by atoms with E-state index in [2.05, 4.69) is 5.32 Å². The Balaban J connectivity index is 1.94. The van der Waals surface area contributed by atoms with Crippen molar-refractivity contribution in [3.8, 4) is 0 Å². The average molecular weight is 276 g/mol. The molecular formula is C16H18ClNO. The van der Waals surface area contributed by atoms with E-state index in [1.165, 1.54) is 0 Å². The zero-order chi connectivity index (χ0) is 13.7. The molecule has 1 unspecified atom stereocenters. The molecule has 0 bridgehead atoms. The van der Waals surface area contributed by atoms with Gasteiger partial charge in [0, 0.05) is 17.6 Å². The minimum Gasteiger partial charge on any atom is -0.387 e. The molecule has 0 aliphatic rings. The van der Waals surface area contributed by atoms with Crippen LogP contribution in [0.15, 0.2) is 54.6 Å². The molecule has 0 heterocycles. The minimum atomic E-state index is -0.508. The largest absolute Gasteiger partial charge is 0.387 e. The van der Waals surface area contributed by atoms with Crippen LogP contribution in [0.25, 0.3) is 0 Å². The van der Waals surface area contributed by atoms with Crippen LogP contribution in [-0.2, 0) is 0 Å². The zero-order valence-electron chi connectivity index (χ0n) is 10.9. The van der Waals surface area contributed by atoms with E-state index in [-0.39, 0.29) is 6.04 Å². The molecule has 0 aliphatic heterocycles. The lowest BCUT2D eigenvalue weighted by Crippen LogP contribution is -2.24. The summed E-state index contributed by atoms with van der Waals surface area (Å²) in [5, 5.41) is 14.1. The Kier molecular flexibility index (Phi) is 4.97. The van der Waals surface area contributed by atoms with Crippen LogP contribution in [0.1, 0.15) is 30.2 Å². The molecule has 2 nitrogen and oxygen atoms in total. The maximum atomic E-state index is 10.1. The molecule has 2 aromatic carbocycles. The number of hydrogen-bond acceptors (Lipinski definition) is 2. The van der Waals surface area contributed by atoms with Crippen molar-refractivity contribution < 1.29 is 5.11 Å². The van der Waals surface area contributed by atoms with Gasteiger partial charge in [0.1, 0.15) is 0 Å². The van der Waals surface area contributed by atoms with Crippen LogP contribution < -0.4 is 5.32 Å². The van der Waals surface area contributed by atoms with E-state index in [1.807, 2.05) is 61.5 Å². The molecule has 0 aliphatic carbocycles. The number of rotatable bonds is 5. The monoisotopic (exact) mass is 275 g/mol. The van der Waals surface area contributed by atoms with Crippen LogP contribution in [-0.4, -0.2) is 11.7 Å². The van der Waals surface area contributed by atoms with Crippen molar-refractivity contribution in [2.45, 2.75) is 19.1 Å². The maximum Gasteiger partial charge on any atom is 0.0914 e. The quantitative estimate of drug-likeness (QED) is 0.872. The Morgan fingerprint density at radius 2 is 1.68 bits per heavy atom. The molecule has 2 atom stereocenters. The summed E-state index contributed by atoms with van der Waals surface area (Å²) in [6.45, 7) is 2.54. The lowest BCUT2D eigenvalue weighted by Gasteiger charge is -2.18. The highest BCUT2D eigenvalue weighted by atomic mass is 35.5. The smallest absolute Gasteiger partial charge is 0.0914 e. The molecule has 0 fully saturated rings. The summed E-state index contributed by atoms with van der Waals surface area (Å²) < 4.78 is 0. The summed E-state index contributed by atoms with van der Waals surface area (Å²) in [7, 11) is 0. The molecule has 3 heteroatoms. The van der Waals surface area contributed by atoms with Gasteiger partial charge >= 0.3 is 0 Å². The van der Waals surface area contributed by atoms with E-state index >= 15 is 0 Å². The Morgan fingerprint density at radius 1 is 1.05 bits per heavy atom. The van der Waals surface area contributed by atoms with E-state index in [1.54, 1.807) is 0 Å². The predicted molar refractivity (Wildman–Crippen MR) is 79.3 cm³/mol. The van der Waals surface area contributed by atoms with Crippen LogP contribution in [0.4, 0.5) is 0 Å². The molecule has 100 valence electrons. The lowest BCUT2D eigenvalue weighted by atomic mass is 10.1. The van der Waals surface area contributed by atoms with Gasteiger partial charge in [0.25, 0.3) is 0 Å². The molecule has 2 aromatic rings. The van der Waals surface area contributed by atoms with Gasteiger partial charge in [-0.15, -0.1) is 0 Å². The maximum absolute atomic E-state index is 10.1. The fourth-order valence-electron chi connectivity index (χ4n) is 2.02. The number of halogens is 1. The van der Waals surface area contributed by atoms with Gasteiger partial charge in [-0.1, -0.05) is 60.1 Å². The van der Waals surface area contributed by atoms with Gasteiger partial charge in [-0.05, 0) is 24.1 Å². The molecule has 19 heavy (non-hydrogen) atoms. The Labute approximate surface area is 119 Å². The summed E-state index contributed by atoms with van der Waals surface area (Å²) in [4.78, 5) is 0. The number of nitrogens with one attached hydrogen (secondary N) is 1. The number of hydrogen-bond donors (Lipinski definition) is 2. The van der Waals surface area contributed by atoms with Gasteiger partial charge in [0.2, 0.25) is 0 Å². The molecule has 0 saturated heterocycles. The third-order valence-corrected chi connectivity index (χ3v) is 3.52. The molecule has 0 amide bonds. The fourth-order valence-corrected chi connectivity index (χ4v) is 2.32. The van der Waals surface area contributed by atoms with Crippen LogP contribution in [0.3, 0.4) is 0 Å². The van der Waals surface area contributed by atoms with Crippen molar-refractivity contribution in [2.75, 3.05) is 6.54 Å². The second-order valence-corrected chi connectivity index (χ2v) is 4.99. The highest BCUT2D eigenvalue weighted by Gasteiger charge is 2.12. The topological polar surface area (TPSA) is 32.3 Å². The van der Waals surface area contributed by atoms with Crippen LogP contribution in [0.5, 0.6) is 0 Å². The number of aliphatic hydroxyl groups is 1. The van der Waals surface area contributed by atoms with E-state index < -0.39 is 6.10 Å². The van der Waals surface area contributed by atoms with Gasteiger partial charge in [-0.3, -0.25) is 0 Å². The van der Waals surface area contributed by atoms with Gasteiger partial charge in [-0.25, -0.2) is 0 Å². The normalized spacial score (nSPS) is 14.1. The summed E-state index contributed by atoms with van der Waals surface area (Å²) in [6.07, 6.45) is -0.508. The van der Waals surface area contributed by atoms with Crippen molar-refractivity contribution in [3.05, 3.63) is 70.7 Å². The number of benzene rings is 2. The van der Waals surface area contributed by atoms with Crippen LogP contribution in [0, 0.1) is 0 Å². The molecule has 2 rings (SSSR count). The highest BCUT2D eigenvalue weighted by molar-refractivity contribution is 6.31. The zero-order valence-corrected chi connectivity index (χ0v) is 11.6. The predicted octanol–water partition coefficient (Wildman–Crippen LogP) is 3.72. The standard InChI is InChI=1S/C16H18ClNO/c1-12(14-9-5-6-10-15(14)17)18-11-16(19)13-7-3-2-4-8-13/h2-10,12,16,18-19H,11H2,1H3/t12-,16?/m1/s1. The van der Waals surface area contributed by atoms with Gasteiger partial charge < -0.3 is 10.4 Å². The SMILES string of the molecule is C[C@@H](NCC(O)c1ccccc1)c1ccccc1Cl. The summed E-state index contributed by atoms with van der Waals surface area (Å²) >= 11 is 6.15. The first kappa shape index (κ1) is 14.1. The molecule has 0 aromatic heterocycles. The third-order valence-electron chi connectivity index (χ3n) is 3.17. The van der Waals surface area contributed by atoms with Crippen molar-refractivity contribution in [2.24, 2.45) is 0 Å². The van der Waals surface area contributed by atoms with Gasteiger partial charge in [0.05, 0.1) is 6.10 Å². The van der Waals surface area contributed by atoms with Crippen molar-refractivity contribution >= 4 is 11.6 Å². The van der Waals surface area contributed by atoms with E-state index in [0.717, 1.165) is 16.1 Å². The lowest BCUT2D eigenvalue weighted by molar-refractivity contribution is 0.171. The minimum absolute atomic E-state index is 0.104. The highest BCUT2D eigenvalue weighted by Crippen LogP contribution is 2.22. The molecule has 2 N–H and O–H groups in total. The van der Waals surface area contributed by atoms with Crippen LogP contribution >= 0.6 is 11.6 Å². The Bertz CT molecular complexity index is 515. The summed E-state index contributed by atoms with van der Waals surface area (Å²) in [5.74, 6) is 0. The first-order valence-corrected chi connectivity index (χ1v) is 6.77. The average Bonchev–Trinajstić information content (AvgIpc) is 2.46. The first-order valence-electron chi connectivity index (χ1n) is 6.39. The van der Waals surface area contributed by atoms with Crippen molar-refractivity contribution in [3.63, 3.8) is 0 Å². The van der Waals surface area contributed by atoms with Crippen molar-refractivity contribution in [1.29, 1.82) is 0 Å². The van der Waals surface area contributed by atoms with E-state index in [4.69, 9.17) is 11.6 Å². The Morgan fingerprint density at radius 3 is 2.37 bits per heavy atom. The Hall–Kier alpha value is -1.35. The first-order chi connectivity index (χ1) is 9.18. The van der Waals surface area contributed by atoms with Crippen molar-refractivity contribution in [1.82, 2.24) is 5.32 Å². The molecule has 0 saturated carbocycles. The third kappa shape index (κ3) is 3.80. The fraction of sp³-hybridized carbons (Fsp3) is 0.250. The van der Waals surface area contributed by atoms with Gasteiger partial charge in [-0.2, -0.15) is 0 Å². The molecule has 0 spiro atoms. The second kappa shape index (κ2) is 6.71.